The minimum Gasteiger partial charge on any atom is -0.383 e. The molecule has 0 unspecified atom stereocenters. The quantitative estimate of drug-likeness (QED) is 0.487. The van der Waals surface area contributed by atoms with Gasteiger partial charge in [0.2, 0.25) is 0 Å². The summed E-state index contributed by atoms with van der Waals surface area (Å²) >= 11 is 0. The number of fused-ring (bicyclic) bond motifs is 1. The highest BCUT2D eigenvalue weighted by molar-refractivity contribution is 6.02. The number of nitro benzene ring substituents is 1. The van der Waals surface area contributed by atoms with Crippen LogP contribution in [0.15, 0.2) is 24.4 Å². The molecule has 0 N–H and O–H groups in total. The maximum Gasteiger partial charge on any atom is 0.270 e. The molecule has 1 heterocycles. The van der Waals surface area contributed by atoms with E-state index in [1.54, 1.807) is 6.07 Å². The standard InChI is InChI=1S/C14H15N3O3/c1-15(2)7-6-14-12(9-18)11-8-10(17(19)20)4-5-13(11)16(14)3/h4-9H,1-3H3. The van der Waals surface area contributed by atoms with Crippen molar-refractivity contribution >= 4 is 29.0 Å². The Morgan fingerprint density at radius 1 is 1.35 bits per heavy atom. The summed E-state index contributed by atoms with van der Waals surface area (Å²) in [5, 5.41) is 11.4. The van der Waals surface area contributed by atoms with Crippen molar-refractivity contribution in [3.8, 4) is 0 Å². The molecule has 6 nitrogen and oxygen atoms in total. The van der Waals surface area contributed by atoms with Crippen LogP contribution in [0.3, 0.4) is 0 Å². The average molecular weight is 273 g/mol. The van der Waals surface area contributed by atoms with Crippen molar-refractivity contribution in [2.45, 2.75) is 0 Å². The van der Waals surface area contributed by atoms with Gasteiger partial charge in [-0.05, 0) is 12.1 Å². The van der Waals surface area contributed by atoms with Crippen LogP contribution >= 0.6 is 0 Å². The highest BCUT2D eigenvalue weighted by Gasteiger charge is 2.16. The predicted molar refractivity (Wildman–Crippen MR) is 77.7 cm³/mol. The van der Waals surface area contributed by atoms with Gasteiger partial charge >= 0.3 is 0 Å². The molecule has 6 heteroatoms. The number of aldehydes is 1. The van der Waals surface area contributed by atoms with Gasteiger partial charge in [0.1, 0.15) is 0 Å². The van der Waals surface area contributed by atoms with E-state index in [2.05, 4.69) is 0 Å². The van der Waals surface area contributed by atoms with Crippen LogP contribution in [0.25, 0.3) is 17.0 Å². The Bertz CT molecular complexity index is 714. The van der Waals surface area contributed by atoms with E-state index in [1.807, 2.05) is 42.9 Å². The number of benzene rings is 1. The number of carbonyl (C=O) groups is 1. The first kappa shape index (κ1) is 13.8. The third-order valence-corrected chi connectivity index (χ3v) is 3.13. The second kappa shape index (κ2) is 5.16. The van der Waals surface area contributed by atoms with E-state index in [4.69, 9.17) is 0 Å². The van der Waals surface area contributed by atoms with Gasteiger partial charge in [-0.15, -0.1) is 0 Å². The van der Waals surface area contributed by atoms with Gasteiger partial charge in [-0.25, -0.2) is 0 Å². The molecular formula is C14H15N3O3. The first-order chi connectivity index (χ1) is 9.45. The molecule has 104 valence electrons. The summed E-state index contributed by atoms with van der Waals surface area (Å²) < 4.78 is 1.85. The lowest BCUT2D eigenvalue weighted by Crippen LogP contribution is -2.01. The van der Waals surface area contributed by atoms with Crippen molar-refractivity contribution < 1.29 is 9.72 Å². The normalized spacial score (nSPS) is 11.2. The summed E-state index contributed by atoms with van der Waals surface area (Å²) in [6.45, 7) is 0. The molecule has 0 fully saturated rings. The van der Waals surface area contributed by atoms with Crippen LogP contribution in [0.4, 0.5) is 5.69 Å². The van der Waals surface area contributed by atoms with Gasteiger partial charge in [0.05, 0.1) is 10.6 Å². The zero-order valence-corrected chi connectivity index (χ0v) is 11.5. The van der Waals surface area contributed by atoms with Crippen LogP contribution in [-0.2, 0) is 7.05 Å². The summed E-state index contributed by atoms with van der Waals surface area (Å²) in [6, 6.07) is 4.54. The summed E-state index contributed by atoms with van der Waals surface area (Å²) in [7, 11) is 5.59. The third kappa shape index (κ3) is 2.27. The second-order valence-corrected chi connectivity index (χ2v) is 4.71. The number of nitro groups is 1. The van der Waals surface area contributed by atoms with E-state index >= 15 is 0 Å². The van der Waals surface area contributed by atoms with E-state index in [9.17, 15) is 14.9 Å². The monoisotopic (exact) mass is 273 g/mol. The van der Waals surface area contributed by atoms with Crippen molar-refractivity contribution in [3.63, 3.8) is 0 Å². The number of aryl methyl sites for hydroxylation is 1. The van der Waals surface area contributed by atoms with Crippen LogP contribution in [0.1, 0.15) is 16.1 Å². The highest BCUT2D eigenvalue weighted by Crippen LogP contribution is 2.28. The van der Waals surface area contributed by atoms with E-state index in [0.717, 1.165) is 17.5 Å². The summed E-state index contributed by atoms with van der Waals surface area (Å²) in [6.07, 6.45) is 4.38. The molecule has 20 heavy (non-hydrogen) atoms. The van der Waals surface area contributed by atoms with Crippen LogP contribution < -0.4 is 0 Å². The number of aromatic nitrogens is 1. The third-order valence-electron chi connectivity index (χ3n) is 3.13. The molecule has 2 rings (SSSR count). The maximum atomic E-state index is 11.3. The fourth-order valence-electron chi connectivity index (χ4n) is 2.14. The van der Waals surface area contributed by atoms with Crippen molar-refractivity contribution in [2.75, 3.05) is 14.1 Å². The van der Waals surface area contributed by atoms with Crippen LogP contribution in [-0.4, -0.2) is 34.8 Å². The highest BCUT2D eigenvalue weighted by atomic mass is 16.6. The molecule has 0 saturated carbocycles. The molecule has 0 radical (unpaired) electrons. The van der Waals surface area contributed by atoms with E-state index in [1.165, 1.54) is 12.1 Å². The topological polar surface area (TPSA) is 68.4 Å². The average Bonchev–Trinajstić information content (AvgIpc) is 2.68. The van der Waals surface area contributed by atoms with Crippen molar-refractivity contribution in [1.29, 1.82) is 0 Å². The smallest absolute Gasteiger partial charge is 0.270 e. The number of nitrogens with zero attached hydrogens (tertiary/aromatic N) is 3. The van der Waals surface area contributed by atoms with Gasteiger partial charge in [-0.3, -0.25) is 14.9 Å². The Kier molecular flexibility index (Phi) is 3.56. The van der Waals surface area contributed by atoms with Gasteiger partial charge in [0.15, 0.2) is 6.29 Å². The molecule has 0 amide bonds. The molecule has 0 aliphatic carbocycles. The molecule has 0 atom stereocenters. The molecule has 0 bridgehead atoms. The predicted octanol–water partition coefficient (Wildman–Crippen LogP) is 2.43. The summed E-state index contributed by atoms with van der Waals surface area (Å²) in [5.41, 5.74) is 1.96. The Labute approximate surface area is 116 Å². The summed E-state index contributed by atoms with van der Waals surface area (Å²) in [5.74, 6) is 0. The molecule has 0 aliphatic rings. The lowest BCUT2D eigenvalue weighted by molar-refractivity contribution is -0.384. The Balaban J connectivity index is 2.73. The fraction of sp³-hybridized carbons (Fsp3) is 0.214. The molecule has 2 aromatic rings. The minimum absolute atomic E-state index is 0.0191. The first-order valence-electron chi connectivity index (χ1n) is 6.02. The van der Waals surface area contributed by atoms with Crippen molar-refractivity contribution in [1.82, 2.24) is 9.47 Å². The van der Waals surface area contributed by atoms with Crippen LogP contribution in [0.2, 0.25) is 0 Å². The van der Waals surface area contributed by atoms with Crippen LogP contribution in [0.5, 0.6) is 0 Å². The van der Waals surface area contributed by atoms with Gasteiger partial charge in [-0.1, -0.05) is 0 Å². The molecule has 0 aliphatic heterocycles. The van der Waals surface area contributed by atoms with Gasteiger partial charge < -0.3 is 9.47 Å². The Morgan fingerprint density at radius 3 is 2.60 bits per heavy atom. The van der Waals surface area contributed by atoms with Crippen LogP contribution in [0, 0.1) is 10.1 Å². The number of carbonyl (C=O) groups excluding carboxylic acids is 1. The molecule has 0 spiro atoms. The molecular weight excluding hydrogens is 258 g/mol. The largest absolute Gasteiger partial charge is 0.383 e. The number of hydrogen-bond donors (Lipinski definition) is 0. The van der Waals surface area contributed by atoms with E-state index in [-0.39, 0.29) is 5.69 Å². The second-order valence-electron chi connectivity index (χ2n) is 4.71. The SMILES string of the molecule is CN(C)C=Cc1c(C=O)c2cc([N+](=O)[O-])ccc2n1C. The Morgan fingerprint density at radius 2 is 2.05 bits per heavy atom. The van der Waals surface area contributed by atoms with Gasteiger partial charge in [0.25, 0.3) is 5.69 Å². The van der Waals surface area contributed by atoms with Gasteiger partial charge in [-0.2, -0.15) is 0 Å². The maximum absolute atomic E-state index is 11.3. The fourth-order valence-corrected chi connectivity index (χ4v) is 2.14. The number of rotatable bonds is 4. The molecule has 1 aromatic heterocycles. The minimum atomic E-state index is -0.462. The van der Waals surface area contributed by atoms with Crippen molar-refractivity contribution in [2.24, 2.45) is 7.05 Å². The Hall–Kier alpha value is -2.63. The zero-order valence-electron chi connectivity index (χ0n) is 11.5. The zero-order chi connectivity index (χ0) is 14.9. The lowest BCUT2D eigenvalue weighted by Gasteiger charge is -2.04. The lowest BCUT2D eigenvalue weighted by atomic mass is 10.1. The van der Waals surface area contributed by atoms with Crippen molar-refractivity contribution in [3.05, 3.63) is 45.8 Å². The van der Waals surface area contributed by atoms with E-state index < -0.39 is 4.92 Å². The first-order valence-corrected chi connectivity index (χ1v) is 6.02. The number of hydrogen-bond acceptors (Lipinski definition) is 4. The summed E-state index contributed by atoms with van der Waals surface area (Å²) in [4.78, 5) is 23.6. The molecule has 0 saturated heterocycles. The molecule has 1 aromatic carbocycles. The van der Waals surface area contributed by atoms with Gasteiger partial charge in [0, 0.05) is 55.9 Å². The van der Waals surface area contributed by atoms with E-state index in [0.29, 0.717) is 10.9 Å². The number of non-ortho nitro benzene ring substituents is 1.